The van der Waals surface area contributed by atoms with Gasteiger partial charge >= 0.3 is 12.1 Å². The fourth-order valence-corrected chi connectivity index (χ4v) is 8.00. The van der Waals surface area contributed by atoms with Gasteiger partial charge in [-0.3, -0.25) is 9.69 Å². The summed E-state index contributed by atoms with van der Waals surface area (Å²) in [4.78, 5) is 18.2. The highest BCUT2D eigenvalue weighted by atomic mass is 19.4. The summed E-state index contributed by atoms with van der Waals surface area (Å²) in [6.45, 7) is 2.00. The zero-order valence-electron chi connectivity index (χ0n) is 22.5. The van der Waals surface area contributed by atoms with Crippen molar-refractivity contribution in [1.82, 2.24) is 25.6 Å². The molecule has 3 saturated heterocycles. The second kappa shape index (κ2) is 10.6. The monoisotopic (exact) mass is 571 g/mol. The largest absolute Gasteiger partial charge is 0.392 e. The minimum absolute atomic E-state index is 0.0105. The SMILES string of the molecule is CN1CNNC1C(F)(F)[C@@](C)(F)C1CCCC(N2CC3C(CC(CN4CC[C@H](F)C4)CC3C(F)(F)F)C2=O)C1. The number of carbonyl (C=O) groups is 1. The molecule has 9 atom stereocenters. The van der Waals surface area contributed by atoms with E-state index in [1.165, 1.54) is 16.8 Å². The highest BCUT2D eigenvalue weighted by Crippen LogP contribution is 2.52. The molecule has 13 heteroatoms. The van der Waals surface area contributed by atoms with Crippen LogP contribution in [-0.4, -0.2) is 96.6 Å². The number of hydrogen-bond acceptors (Lipinski definition) is 5. The summed E-state index contributed by atoms with van der Waals surface area (Å²) in [6.07, 6.45) is -5.34. The number of hydrogen-bond donors (Lipinski definition) is 2. The van der Waals surface area contributed by atoms with Crippen molar-refractivity contribution in [1.29, 1.82) is 0 Å². The van der Waals surface area contributed by atoms with Crippen molar-refractivity contribution in [3.05, 3.63) is 0 Å². The molecule has 2 saturated carbocycles. The molecule has 0 aromatic carbocycles. The van der Waals surface area contributed by atoms with Gasteiger partial charge in [-0.25, -0.2) is 19.6 Å². The van der Waals surface area contributed by atoms with Gasteiger partial charge in [0.1, 0.15) is 12.3 Å². The second-order valence-electron chi connectivity index (χ2n) is 12.7. The zero-order chi connectivity index (χ0) is 28.3. The molecule has 5 rings (SSSR count). The van der Waals surface area contributed by atoms with Crippen LogP contribution in [-0.2, 0) is 4.79 Å². The lowest BCUT2D eigenvalue weighted by Crippen LogP contribution is -2.62. The number of alkyl halides is 7. The van der Waals surface area contributed by atoms with Crippen LogP contribution in [0.4, 0.5) is 30.7 Å². The fourth-order valence-electron chi connectivity index (χ4n) is 8.00. The molecule has 224 valence electrons. The molecule has 2 N–H and O–H groups in total. The third-order valence-electron chi connectivity index (χ3n) is 10.2. The number of nitrogens with zero attached hydrogens (tertiary/aromatic N) is 3. The maximum atomic E-state index is 16.0. The van der Waals surface area contributed by atoms with E-state index in [4.69, 9.17) is 0 Å². The van der Waals surface area contributed by atoms with Crippen LogP contribution in [0, 0.1) is 29.6 Å². The molecule has 2 aliphatic carbocycles. The molecule has 0 aromatic rings. The van der Waals surface area contributed by atoms with Crippen molar-refractivity contribution >= 4 is 5.91 Å². The van der Waals surface area contributed by atoms with E-state index in [2.05, 4.69) is 10.9 Å². The van der Waals surface area contributed by atoms with Gasteiger partial charge < -0.3 is 9.80 Å². The molecule has 0 bridgehead atoms. The van der Waals surface area contributed by atoms with Crippen molar-refractivity contribution in [2.45, 2.75) is 88.0 Å². The van der Waals surface area contributed by atoms with Crippen molar-refractivity contribution in [2.24, 2.45) is 29.6 Å². The van der Waals surface area contributed by atoms with Crippen LogP contribution < -0.4 is 10.9 Å². The summed E-state index contributed by atoms with van der Waals surface area (Å²) < 4.78 is 103. The number of amides is 1. The van der Waals surface area contributed by atoms with Crippen molar-refractivity contribution < 1.29 is 35.5 Å². The lowest BCUT2D eigenvalue weighted by molar-refractivity contribution is -0.204. The van der Waals surface area contributed by atoms with E-state index < -0.39 is 59.8 Å². The lowest BCUT2D eigenvalue weighted by Gasteiger charge is -2.45. The Bertz CT molecular complexity index is 904. The number of halogens is 7. The Morgan fingerprint density at radius 3 is 2.36 bits per heavy atom. The first-order valence-corrected chi connectivity index (χ1v) is 14.2. The molecule has 0 spiro atoms. The zero-order valence-corrected chi connectivity index (χ0v) is 22.5. The Labute approximate surface area is 225 Å². The van der Waals surface area contributed by atoms with E-state index in [9.17, 15) is 22.4 Å². The van der Waals surface area contributed by atoms with Gasteiger partial charge in [0.05, 0.1) is 12.6 Å². The van der Waals surface area contributed by atoms with Crippen LogP contribution in [0.25, 0.3) is 0 Å². The number of carbonyl (C=O) groups excluding carboxylic acids is 1. The maximum absolute atomic E-state index is 16.0. The van der Waals surface area contributed by atoms with E-state index >= 15 is 13.2 Å². The van der Waals surface area contributed by atoms with Gasteiger partial charge in [0.25, 0.3) is 0 Å². The number of nitrogens with one attached hydrogen (secondary N) is 2. The fraction of sp³-hybridized carbons (Fsp3) is 0.962. The molecule has 39 heavy (non-hydrogen) atoms. The van der Waals surface area contributed by atoms with Crippen molar-refractivity contribution in [3.63, 3.8) is 0 Å². The predicted molar refractivity (Wildman–Crippen MR) is 130 cm³/mol. The highest BCUT2D eigenvalue weighted by molar-refractivity contribution is 5.82. The molecule has 6 nitrogen and oxygen atoms in total. The van der Waals surface area contributed by atoms with Crippen LogP contribution >= 0.6 is 0 Å². The van der Waals surface area contributed by atoms with Crippen molar-refractivity contribution in [3.8, 4) is 0 Å². The quantitative estimate of drug-likeness (QED) is 0.474. The Hall–Kier alpha value is -1.18. The number of likely N-dealkylation sites (tertiary alicyclic amines) is 2. The van der Waals surface area contributed by atoms with E-state index in [1.54, 1.807) is 0 Å². The van der Waals surface area contributed by atoms with Crippen LogP contribution in [0.1, 0.15) is 51.9 Å². The van der Waals surface area contributed by atoms with E-state index in [-0.39, 0.29) is 50.8 Å². The molecule has 0 radical (unpaired) electrons. The van der Waals surface area contributed by atoms with Crippen LogP contribution in [0.2, 0.25) is 0 Å². The Kier molecular flexibility index (Phi) is 7.95. The van der Waals surface area contributed by atoms with Crippen LogP contribution in [0.15, 0.2) is 0 Å². The van der Waals surface area contributed by atoms with E-state index in [0.29, 0.717) is 38.8 Å². The minimum atomic E-state index is -4.48. The van der Waals surface area contributed by atoms with Gasteiger partial charge in [0.15, 0.2) is 5.67 Å². The topological polar surface area (TPSA) is 50.9 Å². The molecule has 5 aliphatic rings. The van der Waals surface area contributed by atoms with Gasteiger partial charge in [0.2, 0.25) is 5.91 Å². The summed E-state index contributed by atoms with van der Waals surface area (Å²) in [6, 6.07) is -0.571. The molecule has 3 heterocycles. The number of hydrazine groups is 1. The molecule has 5 fully saturated rings. The molecule has 0 aromatic heterocycles. The van der Waals surface area contributed by atoms with Gasteiger partial charge in [-0.05, 0) is 64.3 Å². The molecular weight excluding hydrogens is 531 g/mol. The van der Waals surface area contributed by atoms with Gasteiger partial charge in [0, 0.05) is 44.1 Å². The number of fused-ring (bicyclic) bond motifs is 1. The molecule has 3 aliphatic heterocycles. The first-order valence-electron chi connectivity index (χ1n) is 14.2. The standard InChI is InChI=1S/C26H40F7N5O/c1-24(28,25(29,30)23-35-34-14-36(23)2)16-4-3-5-18(10-16)38-13-20-19(22(38)39)8-15(9-21(20)26(31,32)33)11-37-7-6-17(27)12-37/h15-21,23,34-35H,3-14H2,1-2H3/t15?,16?,17-,18?,19?,20?,21?,23?,24-/m0/s1. The average Bonchev–Trinajstić information content (AvgIpc) is 3.57. The van der Waals surface area contributed by atoms with Crippen molar-refractivity contribution in [2.75, 3.05) is 39.9 Å². The van der Waals surface area contributed by atoms with Gasteiger partial charge in [-0.2, -0.15) is 22.0 Å². The van der Waals surface area contributed by atoms with Crippen LogP contribution in [0.5, 0.6) is 0 Å². The van der Waals surface area contributed by atoms with Crippen LogP contribution in [0.3, 0.4) is 0 Å². The molecular formula is C26H40F7N5O. The molecule has 7 unspecified atom stereocenters. The predicted octanol–water partition coefficient (Wildman–Crippen LogP) is 3.94. The highest BCUT2D eigenvalue weighted by Gasteiger charge is 2.63. The maximum Gasteiger partial charge on any atom is 0.392 e. The first-order chi connectivity index (χ1) is 18.2. The third-order valence-corrected chi connectivity index (χ3v) is 10.2. The lowest BCUT2D eigenvalue weighted by atomic mass is 9.68. The summed E-state index contributed by atoms with van der Waals surface area (Å²) in [7, 11) is 1.46. The minimum Gasteiger partial charge on any atom is -0.339 e. The second-order valence-corrected chi connectivity index (χ2v) is 12.7. The summed E-state index contributed by atoms with van der Waals surface area (Å²) >= 11 is 0. The molecule has 1 amide bonds. The Morgan fingerprint density at radius 2 is 1.74 bits per heavy atom. The number of rotatable bonds is 6. The summed E-state index contributed by atoms with van der Waals surface area (Å²) in [5.74, 6) is -8.89. The Balaban J connectivity index is 1.30. The normalized spacial score (nSPS) is 40.7. The van der Waals surface area contributed by atoms with Gasteiger partial charge in [-0.1, -0.05) is 6.42 Å². The summed E-state index contributed by atoms with van der Waals surface area (Å²) in [5, 5.41) is 0. The smallest absolute Gasteiger partial charge is 0.339 e. The van der Waals surface area contributed by atoms with E-state index in [1.807, 2.05) is 4.90 Å². The van der Waals surface area contributed by atoms with Gasteiger partial charge in [-0.15, -0.1) is 0 Å². The van der Waals surface area contributed by atoms with E-state index in [0.717, 1.165) is 6.92 Å². The third kappa shape index (κ3) is 5.41. The first kappa shape index (κ1) is 29.3. The average molecular weight is 572 g/mol. The Morgan fingerprint density at radius 1 is 1.00 bits per heavy atom. The summed E-state index contributed by atoms with van der Waals surface area (Å²) in [5.41, 5.74) is 2.15.